The molecule has 7 heteroatoms. The summed E-state index contributed by atoms with van der Waals surface area (Å²) < 4.78 is 27.5. The van der Waals surface area contributed by atoms with E-state index in [0.29, 0.717) is 22.0 Å². The van der Waals surface area contributed by atoms with E-state index in [1.54, 1.807) is 25.3 Å². The Morgan fingerprint density at radius 1 is 1.12 bits per heavy atom. The molecule has 0 aliphatic rings. The average molecular weight is 340 g/mol. The number of aryl methyl sites for hydroxylation is 1. The summed E-state index contributed by atoms with van der Waals surface area (Å²) in [4.78, 5) is 19.8. The van der Waals surface area contributed by atoms with Crippen molar-refractivity contribution in [2.75, 3.05) is 0 Å². The van der Waals surface area contributed by atoms with Crippen LogP contribution in [0.2, 0.25) is 0 Å². The maximum absolute atomic E-state index is 14.3. The Kier molecular flexibility index (Phi) is 4.14. The zero-order chi connectivity index (χ0) is 18.1. The number of amides is 1. The Morgan fingerprint density at radius 3 is 2.56 bits per heavy atom. The van der Waals surface area contributed by atoms with E-state index in [4.69, 9.17) is 11.5 Å². The van der Waals surface area contributed by atoms with Crippen molar-refractivity contribution in [3.63, 3.8) is 0 Å². The van der Waals surface area contributed by atoms with E-state index >= 15 is 0 Å². The molecule has 0 spiro atoms. The van der Waals surface area contributed by atoms with Gasteiger partial charge in [0.1, 0.15) is 11.6 Å². The molecule has 5 nitrogen and oxygen atoms in total. The van der Waals surface area contributed by atoms with Gasteiger partial charge in [-0.1, -0.05) is 0 Å². The highest BCUT2D eigenvalue weighted by Crippen LogP contribution is 2.33. The minimum Gasteiger partial charge on any atom is -0.370 e. The van der Waals surface area contributed by atoms with Crippen LogP contribution in [0.4, 0.5) is 8.78 Å². The van der Waals surface area contributed by atoms with Crippen molar-refractivity contribution in [1.29, 1.82) is 0 Å². The van der Waals surface area contributed by atoms with Crippen molar-refractivity contribution < 1.29 is 13.6 Å². The van der Waals surface area contributed by atoms with E-state index in [0.717, 1.165) is 6.07 Å². The summed E-state index contributed by atoms with van der Waals surface area (Å²) in [6.45, 7) is 1.76. The van der Waals surface area contributed by atoms with Crippen LogP contribution in [0.5, 0.6) is 0 Å². The summed E-state index contributed by atoms with van der Waals surface area (Å²) in [5.41, 5.74) is 12.7. The fourth-order valence-corrected chi connectivity index (χ4v) is 2.66. The molecule has 0 radical (unpaired) electrons. The van der Waals surface area contributed by atoms with Crippen molar-refractivity contribution in [1.82, 2.24) is 4.98 Å². The molecule has 1 amide bonds. The minimum atomic E-state index is -0.698. The molecule has 126 valence electrons. The minimum absolute atomic E-state index is 0.220. The fourth-order valence-electron chi connectivity index (χ4n) is 2.66. The third-order valence-corrected chi connectivity index (χ3v) is 3.74. The first-order chi connectivity index (χ1) is 11.9. The van der Waals surface area contributed by atoms with Crippen LogP contribution in [-0.4, -0.2) is 16.9 Å². The molecule has 1 aromatic heterocycles. The predicted octanol–water partition coefficient (Wildman–Crippen LogP) is 2.90. The lowest BCUT2D eigenvalue weighted by atomic mass is 9.95. The van der Waals surface area contributed by atoms with Crippen molar-refractivity contribution in [3.8, 4) is 11.1 Å². The van der Waals surface area contributed by atoms with Gasteiger partial charge in [-0.25, -0.2) is 8.78 Å². The summed E-state index contributed by atoms with van der Waals surface area (Å²) in [6, 6.07) is 8.05. The van der Waals surface area contributed by atoms with Crippen LogP contribution in [0.3, 0.4) is 0 Å². The standard InChI is InChI=1S/C18H14F2N4O/c1-9-8-23-15-5-2-10(17(25)24-18(21)22)6-13(15)16(9)12-4-3-11(19)7-14(12)20/h2-8H,1H3,(H4,21,22,24,25). The Hall–Kier alpha value is -3.35. The number of fused-ring (bicyclic) bond motifs is 1. The van der Waals surface area contributed by atoms with Gasteiger partial charge in [0.2, 0.25) is 0 Å². The summed E-state index contributed by atoms with van der Waals surface area (Å²) in [7, 11) is 0. The Balaban J connectivity index is 2.28. The molecule has 0 bridgehead atoms. The molecule has 0 aliphatic heterocycles. The zero-order valence-corrected chi connectivity index (χ0v) is 13.3. The van der Waals surface area contributed by atoms with Crippen LogP contribution in [0, 0.1) is 18.6 Å². The van der Waals surface area contributed by atoms with Crippen molar-refractivity contribution in [2.24, 2.45) is 16.5 Å². The lowest BCUT2D eigenvalue weighted by molar-refractivity contribution is 0.100. The normalized spacial score (nSPS) is 10.7. The number of halogens is 2. The number of carbonyl (C=O) groups is 1. The van der Waals surface area contributed by atoms with Crippen molar-refractivity contribution in [2.45, 2.75) is 6.92 Å². The number of guanidine groups is 1. The van der Waals surface area contributed by atoms with Gasteiger partial charge in [0.05, 0.1) is 5.52 Å². The Labute approximate surface area is 142 Å². The molecule has 0 saturated carbocycles. The maximum Gasteiger partial charge on any atom is 0.280 e. The molecule has 3 rings (SSSR count). The molecule has 3 aromatic rings. The molecular formula is C18H14F2N4O. The number of aromatic nitrogens is 1. The van der Waals surface area contributed by atoms with Gasteiger partial charge in [0, 0.05) is 28.8 Å². The monoisotopic (exact) mass is 340 g/mol. The van der Waals surface area contributed by atoms with Crippen LogP contribution in [0.1, 0.15) is 15.9 Å². The second kappa shape index (κ2) is 6.27. The van der Waals surface area contributed by atoms with E-state index in [9.17, 15) is 13.6 Å². The van der Waals surface area contributed by atoms with Gasteiger partial charge >= 0.3 is 0 Å². The molecule has 1 heterocycles. The first kappa shape index (κ1) is 16.5. The van der Waals surface area contributed by atoms with E-state index < -0.39 is 17.5 Å². The van der Waals surface area contributed by atoms with Gasteiger partial charge in [-0.2, -0.15) is 4.99 Å². The number of aliphatic imine (C=N–C) groups is 1. The van der Waals surface area contributed by atoms with Crippen molar-refractivity contribution >= 4 is 22.8 Å². The number of hydrogen-bond donors (Lipinski definition) is 2. The van der Waals surface area contributed by atoms with Gasteiger partial charge in [0.15, 0.2) is 5.96 Å². The SMILES string of the molecule is Cc1cnc2ccc(C(=O)N=C(N)N)cc2c1-c1ccc(F)cc1F. The number of hydrogen-bond acceptors (Lipinski definition) is 2. The topological polar surface area (TPSA) is 94.4 Å². The maximum atomic E-state index is 14.3. The van der Waals surface area contributed by atoms with Gasteiger partial charge in [-0.05, 0) is 48.4 Å². The Bertz CT molecular complexity index is 1030. The van der Waals surface area contributed by atoms with Gasteiger partial charge in [-0.3, -0.25) is 9.78 Å². The molecular weight excluding hydrogens is 326 g/mol. The fraction of sp³-hybridized carbons (Fsp3) is 0.0556. The summed E-state index contributed by atoms with van der Waals surface area (Å²) >= 11 is 0. The van der Waals surface area contributed by atoms with Gasteiger partial charge < -0.3 is 11.5 Å². The first-order valence-electron chi connectivity index (χ1n) is 7.35. The number of rotatable bonds is 2. The van der Waals surface area contributed by atoms with E-state index in [1.807, 2.05) is 0 Å². The molecule has 2 aromatic carbocycles. The molecule has 0 atom stereocenters. The number of nitrogens with zero attached hydrogens (tertiary/aromatic N) is 2. The highest BCUT2D eigenvalue weighted by Gasteiger charge is 2.15. The van der Waals surface area contributed by atoms with Crippen molar-refractivity contribution in [3.05, 3.63) is 65.4 Å². The largest absolute Gasteiger partial charge is 0.370 e. The average Bonchev–Trinajstić information content (AvgIpc) is 2.54. The van der Waals surface area contributed by atoms with Crippen LogP contribution < -0.4 is 11.5 Å². The number of carbonyl (C=O) groups excluding carboxylic acids is 1. The number of pyridine rings is 1. The lowest BCUT2D eigenvalue weighted by Crippen LogP contribution is -2.24. The van der Waals surface area contributed by atoms with Crippen LogP contribution >= 0.6 is 0 Å². The third-order valence-electron chi connectivity index (χ3n) is 3.74. The quantitative estimate of drug-likeness (QED) is 0.554. The predicted molar refractivity (Wildman–Crippen MR) is 92.0 cm³/mol. The second-order valence-electron chi connectivity index (χ2n) is 5.51. The highest BCUT2D eigenvalue weighted by atomic mass is 19.1. The summed E-state index contributed by atoms with van der Waals surface area (Å²) in [6.07, 6.45) is 1.60. The molecule has 25 heavy (non-hydrogen) atoms. The zero-order valence-electron chi connectivity index (χ0n) is 13.3. The lowest BCUT2D eigenvalue weighted by Gasteiger charge is -2.12. The van der Waals surface area contributed by atoms with E-state index in [-0.39, 0.29) is 17.1 Å². The third kappa shape index (κ3) is 3.16. The summed E-state index contributed by atoms with van der Waals surface area (Å²) in [5.74, 6) is -2.33. The smallest absolute Gasteiger partial charge is 0.280 e. The Morgan fingerprint density at radius 2 is 1.88 bits per heavy atom. The van der Waals surface area contributed by atoms with E-state index in [2.05, 4.69) is 9.98 Å². The van der Waals surface area contributed by atoms with E-state index in [1.165, 1.54) is 18.2 Å². The molecule has 4 N–H and O–H groups in total. The first-order valence-corrected chi connectivity index (χ1v) is 7.35. The van der Waals surface area contributed by atoms with Gasteiger partial charge in [-0.15, -0.1) is 0 Å². The molecule has 0 unspecified atom stereocenters. The number of benzene rings is 2. The van der Waals surface area contributed by atoms with Crippen LogP contribution in [0.15, 0.2) is 47.6 Å². The highest BCUT2D eigenvalue weighted by molar-refractivity contribution is 6.06. The molecule has 0 fully saturated rings. The second-order valence-corrected chi connectivity index (χ2v) is 5.51. The molecule has 0 aliphatic carbocycles. The summed E-state index contributed by atoms with van der Waals surface area (Å²) in [5, 5.41) is 0.544. The molecule has 0 saturated heterocycles. The number of nitrogens with two attached hydrogens (primary N) is 2. The van der Waals surface area contributed by atoms with Gasteiger partial charge in [0.25, 0.3) is 5.91 Å². The van der Waals surface area contributed by atoms with Crippen LogP contribution in [-0.2, 0) is 0 Å². The van der Waals surface area contributed by atoms with Crippen LogP contribution in [0.25, 0.3) is 22.0 Å².